The second kappa shape index (κ2) is 8.26. The van der Waals surface area contributed by atoms with Gasteiger partial charge >= 0.3 is 0 Å². The highest BCUT2D eigenvalue weighted by atomic mass is 32.2. The molecule has 0 atom stereocenters. The molecule has 1 saturated heterocycles. The Kier molecular flexibility index (Phi) is 6.19. The highest BCUT2D eigenvalue weighted by Gasteiger charge is 2.31. The van der Waals surface area contributed by atoms with Crippen molar-refractivity contribution in [2.45, 2.75) is 30.0 Å². The summed E-state index contributed by atoms with van der Waals surface area (Å²) in [7, 11) is -3.54. The number of sulfonamides is 1. The van der Waals surface area contributed by atoms with Gasteiger partial charge in [0.15, 0.2) is 4.34 Å². The number of carbonyl (C=O) groups is 1. The average Bonchev–Trinajstić information content (AvgIpc) is 3.05. The van der Waals surface area contributed by atoms with Crippen molar-refractivity contribution in [2.24, 2.45) is 0 Å². The third-order valence-corrected chi connectivity index (χ3v) is 8.38. The van der Waals surface area contributed by atoms with Gasteiger partial charge in [-0.15, -0.1) is 10.2 Å². The van der Waals surface area contributed by atoms with Gasteiger partial charge in [0.05, 0.1) is 10.6 Å². The summed E-state index contributed by atoms with van der Waals surface area (Å²) in [4.78, 5) is 14.4. The first-order chi connectivity index (χ1) is 12.8. The number of piperazine rings is 1. The third-order valence-electron chi connectivity index (χ3n) is 4.37. The van der Waals surface area contributed by atoms with E-state index in [9.17, 15) is 13.2 Å². The lowest BCUT2D eigenvalue weighted by Crippen LogP contribution is -2.51. The van der Waals surface area contributed by atoms with Crippen molar-refractivity contribution < 1.29 is 13.2 Å². The molecule has 0 N–H and O–H groups in total. The van der Waals surface area contributed by atoms with Crippen LogP contribution in [0.2, 0.25) is 0 Å². The number of thioether (sulfide) groups is 1. The van der Waals surface area contributed by atoms with Crippen LogP contribution in [-0.2, 0) is 14.8 Å². The Bertz CT molecular complexity index is 935. The van der Waals surface area contributed by atoms with E-state index in [2.05, 4.69) is 10.2 Å². The summed E-state index contributed by atoms with van der Waals surface area (Å²) in [6.07, 6.45) is 0. The summed E-state index contributed by atoms with van der Waals surface area (Å²) in [5.74, 6) is 0.287. The van der Waals surface area contributed by atoms with Crippen molar-refractivity contribution >= 4 is 39.0 Å². The fourth-order valence-corrected chi connectivity index (χ4v) is 6.30. The summed E-state index contributed by atoms with van der Waals surface area (Å²) in [5, 5.41) is 8.80. The minimum atomic E-state index is -3.54. The number of aromatic nitrogens is 2. The lowest BCUT2D eigenvalue weighted by molar-refractivity contribution is -0.129. The van der Waals surface area contributed by atoms with Gasteiger partial charge in [0.25, 0.3) is 0 Å². The highest BCUT2D eigenvalue weighted by molar-refractivity contribution is 8.01. The zero-order valence-electron chi connectivity index (χ0n) is 15.5. The van der Waals surface area contributed by atoms with Gasteiger partial charge in [-0.1, -0.05) is 40.8 Å². The molecule has 0 spiro atoms. The van der Waals surface area contributed by atoms with Crippen molar-refractivity contribution in [1.29, 1.82) is 0 Å². The minimum absolute atomic E-state index is 0.00332. The van der Waals surface area contributed by atoms with Crippen LogP contribution in [-0.4, -0.2) is 65.7 Å². The van der Waals surface area contributed by atoms with Gasteiger partial charge in [-0.25, -0.2) is 8.42 Å². The summed E-state index contributed by atoms with van der Waals surface area (Å²) < 4.78 is 28.1. The molecule has 0 radical (unpaired) electrons. The second-order valence-electron chi connectivity index (χ2n) is 6.43. The molecule has 1 aliphatic rings. The zero-order chi connectivity index (χ0) is 19.6. The van der Waals surface area contributed by atoms with E-state index in [0.29, 0.717) is 36.8 Å². The molecule has 10 heteroatoms. The molecule has 1 amide bonds. The lowest BCUT2D eigenvalue weighted by Gasteiger charge is -2.34. The molecule has 7 nitrogen and oxygen atoms in total. The van der Waals surface area contributed by atoms with Crippen LogP contribution in [0.3, 0.4) is 0 Å². The van der Waals surface area contributed by atoms with Crippen molar-refractivity contribution in [1.82, 2.24) is 19.4 Å². The maximum absolute atomic E-state index is 12.9. The minimum Gasteiger partial charge on any atom is -0.339 e. The third kappa shape index (κ3) is 4.68. The quantitative estimate of drug-likeness (QED) is 0.681. The smallest absolute Gasteiger partial charge is 0.243 e. The normalized spacial score (nSPS) is 15.9. The Hall–Kier alpha value is -1.49. The predicted octanol–water partition coefficient (Wildman–Crippen LogP) is 2.09. The largest absolute Gasteiger partial charge is 0.339 e. The molecular weight excluding hydrogens is 404 g/mol. The van der Waals surface area contributed by atoms with Gasteiger partial charge < -0.3 is 4.90 Å². The van der Waals surface area contributed by atoms with Crippen LogP contribution in [0.5, 0.6) is 0 Å². The molecule has 0 unspecified atom stereocenters. The van der Waals surface area contributed by atoms with E-state index in [1.807, 2.05) is 32.9 Å². The number of amides is 1. The highest BCUT2D eigenvalue weighted by Crippen LogP contribution is 2.24. The Morgan fingerprint density at radius 1 is 1.15 bits per heavy atom. The number of benzene rings is 1. The first-order valence-electron chi connectivity index (χ1n) is 8.55. The molecule has 146 valence electrons. The molecule has 2 aromatic rings. The van der Waals surface area contributed by atoms with Gasteiger partial charge in [0.1, 0.15) is 5.01 Å². The first kappa shape index (κ1) is 20.2. The molecule has 1 aromatic carbocycles. The maximum atomic E-state index is 12.9. The Balaban J connectivity index is 1.58. The average molecular weight is 427 g/mol. The fraction of sp³-hybridized carbons (Fsp3) is 0.471. The number of hydrogen-bond acceptors (Lipinski definition) is 7. The molecule has 3 rings (SSSR count). The van der Waals surface area contributed by atoms with Gasteiger partial charge in [0, 0.05) is 26.2 Å². The molecule has 0 saturated carbocycles. The van der Waals surface area contributed by atoms with Crippen molar-refractivity contribution in [3.63, 3.8) is 0 Å². The maximum Gasteiger partial charge on any atom is 0.243 e. The standard InChI is InChI=1S/C17H22N4O3S3/c1-12-4-5-15(13(2)10-12)27(23,24)21-8-6-20(7-9-21)16(22)11-25-17-19-18-14(3)26-17/h4-5,10H,6-9,11H2,1-3H3. The molecule has 1 aromatic heterocycles. The van der Waals surface area contributed by atoms with Crippen LogP contribution in [0.1, 0.15) is 16.1 Å². The van der Waals surface area contributed by atoms with E-state index in [4.69, 9.17) is 0 Å². The topological polar surface area (TPSA) is 83.5 Å². The number of aryl methyl sites for hydroxylation is 3. The number of nitrogens with zero attached hydrogens (tertiary/aromatic N) is 4. The van der Waals surface area contributed by atoms with Crippen molar-refractivity contribution in [3.8, 4) is 0 Å². The molecule has 0 aliphatic carbocycles. The van der Waals surface area contributed by atoms with Gasteiger partial charge in [-0.05, 0) is 32.4 Å². The number of hydrogen-bond donors (Lipinski definition) is 0. The van der Waals surface area contributed by atoms with E-state index in [1.165, 1.54) is 27.4 Å². The van der Waals surface area contributed by atoms with Crippen LogP contribution in [0.4, 0.5) is 0 Å². The van der Waals surface area contributed by atoms with Crippen LogP contribution in [0.15, 0.2) is 27.4 Å². The molecule has 1 fully saturated rings. The van der Waals surface area contributed by atoms with E-state index in [-0.39, 0.29) is 5.91 Å². The van der Waals surface area contributed by atoms with Crippen molar-refractivity contribution in [3.05, 3.63) is 34.3 Å². The van der Waals surface area contributed by atoms with Crippen LogP contribution < -0.4 is 0 Å². The second-order valence-corrected chi connectivity index (χ2v) is 10.7. The molecule has 0 bridgehead atoms. The van der Waals surface area contributed by atoms with Crippen LogP contribution in [0.25, 0.3) is 0 Å². The van der Waals surface area contributed by atoms with E-state index < -0.39 is 10.0 Å². The first-order valence-corrected chi connectivity index (χ1v) is 11.8. The Labute approximate surface area is 167 Å². The molecule has 27 heavy (non-hydrogen) atoms. The Morgan fingerprint density at radius 2 is 1.85 bits per heavy atom. The van der Waals surface area contributed by atoms with Gasteiger partial charge in [-0.2, -0.15) is 4.31 Å². The summed E-state index contributed by atoms with van der Waals surface area (Å²) in [6.45, 7) is 7.05. The SMILES string of the molecule is Cc1ccc(S(=O)(=O)N2CCN(C(=O)CSc3nnc(C)s3)CC2)c(C)c1. The van der Waals surface area contributed by atoms with Crippen molar-refractivity contribution in [2.75, 3.05) is 31.9 Å². The predicted molar refractivity (Wildman–Crippen MR) is 107 cm³/mol. The van der Waals surface area contributed by atoms with Gasteiger partial charge in [-0.3, -0.25) is 4.79 Å². The summed E-state index contributed by atoms with van der Waals surface area (Å²) >= 11 is 2.83. The van der Waals surface area contributed by atoms with Gasteiger partial charge in [0.2, 0.25) is 15.9 Å². The summed E-state index contributed by atoms with van der Waals surface area (Å²) in [5.41, 5.74) is 1.78. The van der Waals surface area contributed by atoms with Crippen LogP contribution in [0, 0.1) is 20.8 Å². The number of rotatable bonds is 5. The molecular formula is C17H22N4O3S3. The summed E-state index contributed by atoms with van der Waals surface area (Å²) in [6, 6.07) is 5.35. The lowest BCUT2D eigenvalue weighted by atomic mass is 10.2. The fourth-order valence-electron chi connectivity index (χ4n) is 2.96. The van der Waals surface area contributed by atoms with E-state index in [1.54, 1.807) is 11.0 Å². The molecule has 1 aliphatic heterocycles. The Morgan fingerprint density at radius 3 is 2.44 bits per heavy atom. The monoisotopic (exact) mass is 426 g/mol. The number of carbonyl (C=O) groups excluding carboxylic acids is 1. The zero-order valence-corrected chi connectivity index (χ0v) is 18.0. The van der Waals surface area contributed by atoms with Crippen LogP contribution >= 0.6 is 23.1 Å². The van der Waals surface area contributed by atoms with E-state index >= 15 is 0 Å². The molecule has 2 heterocycles. The van der Waals surface area contributed by atoms with E-state index in [0.717, 1.165) is 20.5 Å².